The van der Waals surface area contributed by atoms with Crippen molar-refractivity contribution in [2.75, 3.05) is 30.8 Å². The number of unbranched alkanes of at least 4 members (excludes halogenated alkanes) is 1. The van der Waals surface area contributed by atoms with Gasteiger partial charge in [-0.25, -0.2) is 8.42 Å². The van der Waals surface area contributed by atoms with Crippen molar-refractivity contribution in [3.63, 3.8) is 0 Å². The lowest BCUT2D eigenvalue weighted by Gasteiger charge is -2.23. The van der Waals surface area contributed by atoms with E-state index >= 15 is 0 Å². The predicted molar refractivity (Wildman–Crippen MR) is 107 cm³/mol. The van der Waals surface area contributed by atoms with E-state index in [-0.39, 0.29) is 17.5 Å². The van der Waals surface area contributed by atoms with E-state index in [0.717, 1.165) is 36.2 Å². The fraction of sp³-hybridized carbons (Fsp3) is 0.611. The molecule has 0 spiro atoms. The Morgan fingerprint density at radius 2 is 2.04 bits per heavy atom. The first-order valence-corrected chi connectivity index (χ1v) is 11.0. The minimum absolute atomic E-state index is 0.282. The van der Waals surface area contributed by atoms with Crippen LogP contribution in [0.25, 0.3) is 0 Å². The van der Waals surface area contributed by atoms with Crippen molar-refractivity contribution >= 4 is 33.2 Å². The highest BCUT2D eigenvalue weighted by molar-refractivity contribution is 7.92. The van der Waals surface area contributed by atoms with Gasteiger partial charge in [-0.3, -0.25) is 9.10 Å². The lowest BCUT2D eigenvalue weighted by atomic mass is 9.99. The molecule has 6 nitrogen and oxygen atoms in total. The normalized spacial score (nSPS) is 12.5. The van der Waals surface area contributed by atoms with Gasteiger partial charge in [0.15, 0.2) is 0 Å². The SMILES string of the molecule is CCCC[C@@H](CC)CNC(=O)CN(c1ccc(OC)c(Cl)c1)S(C)(=O)=O. The number of ether oxygens (including phenoxy) is 1. The van der Waals surface area contributed by atoms with Crippen molar-refractivity contribution in [1.82, 2.24) is 5.32 Å². The van der Waals surface area contributed by atoms with Crippen LogP contribution in [0.4, 0.5) is 5.69 Å². The van der Waals surface area contributed by atoms with Gasteiger partial charge in [-0.1, -0.05) is 44.7 Å². The van der Waals surface area contributed by atoms with Crippen LogP contribution in [0, 0.1) is 5.92 Å². The largest absolute Gasteiger partial charge is 0.495 e. The maximum Gasteiger partial charge on any atom is 0.240 e. The average Bonchev–Trinajstić information content (AvgIpc) is 2.58. The molecular weight excluding hydrogens is 376 g/mol. The number of benzene rings is 1. The van der Waals surface area contributed by atoms with Gasteiger partial charge in [-0.15, -0.1) is 0 Å². The summed E-state index contributed by atoms with van der Waals surface area (Å²) >= 11 is 6.08. The van der Waals surface area contributed by atoms with E-state index in [1.54, 1.807) is 12.1 Å². The van der Waals surface area contributed by atoms with Crippen LogP contribution in [0.1, 0.15) is 39.5 Å². The lowest BCUT2D eigenvalue weighted by Crippen LogP contribution is -2.41. The van der Waals surface area contributed by atoms with E-state index in [1.807, 2.05) is 0 Å². The molecule has 8 heteroatoms. The van der Waals surface area contributed by atoms with Crippen LogP contribution in [0.15, 0.2) is 18.2 Å². The van der Waals surface area contributed by atoms with Crippen molar-refractivity contribution in [3.8, 4) is 5.75 Å². The molecule has 148 valence electrons. The molecule has 0 aliphatic carbocycles. The van der Waals surface area contributed by atoms with E-state index < -0.39 is 10.0 Å². The molecular formula is C18H29ClN2O4S. The first-order chi connectivity index (χ1) is 12.2. The molecule has 1 amide bonds. The molecule has 0 aliphatic rings. The summed E-state index contributed by atoms with van der Waals surface area (Å²) in [5, 5.41) is 3.13. The molecule has 0 aromatic heterocycles. The quantitative estimate of drug-likeness (QED) is 0.612. The molecule has 1 atom stereocenters. The number of hydrogen-bond donors (Lipinski definition) is 1. The number of anilines is 1. The number of carbonyl (C=O) groups is 1. The van der Waals surface area contributed by atoms with E-state index in [0.29, 0.717) is 23.9 Å². The monoisotopic (exact) mass is 404 g/mol. The van der Waals surface area contributed by atoms with Gasteiger partial charge in [0, 0.05) is 6.54 Å². The van der Waals surface area contributed by atoms with Crippen LogP contribution < -0.4 is 14.4 Å². The van der Waals surface area contributed by atoms with Gasteiger partial charge in [0.05, 0.1) is 24.1 Å². The molecule has 1 aromatic rings. The number of hydrogen-bond acceptors (Lipinski definition) is 4. The smallest absolute Gasteiger partial charge is 0.240 e. The minimum atomic E-state index is -3.63. The molecule has 0 fully saturated rings. The molecule has 0 unspecified atom stereocenters. The van der Waals surface area contributed by atoms with Gasteiger partial charge in [-0.05, 0) is 30.5 Å². The molecule has 0 saturated heterocycles. The van der Waals surface area contributed by atoms with Gasteiger partial charge >= 0.3 is 0 Å². The number of rotatable bonds is 11. The van der Waals surface area contributed by atoms with E-state index in [1.165, 1.54) is 13.2 Å². The van der Waals surface area contributed by atoms with Crippen LogP contribution in [-0.4, -0.2) is 40.8 Å². The number of nitrogens with zero attached hydrogens (tertiary/aromatic N) is 1. The standard InChI is InChI=1S/C18H29ClN2O4S/c1-5-7-8-14(6-2)12-20-18(22)13-21(26(4,23)24)15-9-10-17(25-3)16(19)11-15/h9-11,14H,5-8,12-13H2,1-4H3,(H,20,22)/t14-/m1/s1. The molecule has 0 aliphatic heterocycles. The maximum absolute atomic E-state index is 12.3. The Bertz CT molecular complexity index is 694. The summed E-state index contributed by atoms with van der Waals surface area (Å²) in [5.41, 5.74) is 0.325. The summed E-state index contributed by atoms with van der Waals surface area (Å²) < 4.78 is 30.4. The first-order valence-electron chi connectivity index (χ1n) is 8.80. The Hall–Kier alpha value is -1.47. The van der Waals surface area contributed by atoms with Gasteiger partial charge in [-0.2, -0.15) is 0 Å². The zero-order valence-electron chi connectivity index (χ0n) is 15.9. The molecule has 26 heavy (non-hydrogen) atoms. The number of methoxy groups -OCH3 is 1. The molecule has 0 heterocycles. The molecule has 1 aromatic carbocycles. The molecule has 1 rings (SSSR count). The third-order valence-corrected chi connectivity index (χ3v) is 5.68. The summed E-state index contributed by atoms with van der Waals surface area (Å²) in [5.74, 6) is 0.508. The summed E-state index contributed by atoms with van der Waals surface area (Å²) in [6.45, 7) is 4.49. The van der Waals surface area contributed by atoms with Gasteiger partial charge < -0.3 is 10.1 Å². The summed E-state index contributed by atoms with van der Waals surface area (Å²) in [4.78, 5) is 12.3. The highest BCUT2D eigenvalue weighted by atomic mass is 35.5. The third-order valence-electron chi connectivity index (χ3n) is 4.24. The number of halogens is 1. The Morgan fingerprint density at radius 1 is 1.35 bits per heavy atom. The maximum atomic E-state index is 12.3. The van der Waals surface area contributed by atoms with Crippen LogP contribution in [0.2, 0.25) is 5.02 Å². The van der Waals surface area contributed by atoms with Crippen molar-refractivity contribution in [3.05, 3.63) is 23.2 Å². The Morgan fingerprint density at radius 3 is 2.54 bits per heavy atom. The minimum Gasteiger partial charge on any atom is -0.495 e. The number of carbonyl (C=O) groups excluding carboxylic acids is 1. The van der Waals surface area contributed by atoms with Crippen LogP contribution in [0.3, 0.4) is 0 Å². The lowest BCUT2D eigenvalue weighted by molar-refractivity contribution is -0.119. The first kappa shape index (κ1) is 22.6. The van der Waals surface area contributed by atoms with Crippen LogP contribution >= 0.6 is 11.6 Å². The van der Waals surface area contributed by atoms with E-state index in [4.69, 9.17) is 16.3 Å². The van der Waals surface area contributed by atoms with Gasteiger partial charge in [0.2, 0.25) is 15.9 Å². The zero-order chi connectivity index (χ0) is 19.7. The van der Waals surface area contributed by atoms with Crippen molar-refractivity contribution in [2.45, 2.75) is 39.5 Å². The second-order valence-electron chi connectivity index (χ2n) is 6.31. The molecule has 0 bridgehead atoms. The van der Waals surface area contributed by atoms with Crippen molar-refractivity contribution in [1.29, 1.82) is 0 Å². The zero-order valence-corrected chi connectivity index (χ0v) is 17.5. The van der Waals surface area contributed by atoms with Crippen LogP contribution in [-0.2, 0) is 14.8 Å². The fourth-order valence-electron chi connectivity index (χ4n) is 2.60. The topological polar surface area (TPSA) is 75.7 Å². The van der Waals surface area contributed by atoms with Crippen LogP contribution in [0.5, 0.6) is 5.75 Å². The number of sulfonamides is 1. The Labute approximate surface area is 161 Å². The van der Waals surface area contributed by atoms with Crippen molar-refractivity contribution in [2.24, 2.45) is 5.92 Å². The van der Waals surface area contributed by atoms with E-state index in [2.05, 4.69) is 19.2 Å². The van der Waals surface area contributed by atoms with E-state index in [9.17, 15) is 13.2 Å². The third kappa shape index (κ3) is 7.03. The van der Waals surface area contributed by atoms with Gasteiger partial charge in [0.25, 0.3) is 0 Å². The average molecular weight is 405 g/mol. The summed E-state index contributed by atoms with van der Waals surface area (Å²) in [7, 11) is -2.16. The highest BCUT2D eigenvalue weighted by Crippen LogP contribution is 2.30. The Kier molecular flexibility index (Phi) is 9.22. The predicted octanol–water partition coefficient (Wildman–Crippen LogP) is 3.45. The Balaban J connectivity index is 2.82. The number of nitrogens with one attached hydrogen (secondary N) is 1. The second kappa shape index (κ2) is 10.6. The number of amides is 1. The summed E-state index contributed by atoms with van der Waals surface area (Å²) in [6.07, 6.45) is 5.33. The van der Waals surface area contributed by atoms with Gasteiger partial charge in [0.1, 0.15) is 12.3 Å². The molecule has 0 saturated carbocycles. The molecule has 0 radical (unpaired) electrons. The van der Waals surface area contributed by atoms with Crippen molar-refractivity contribution < 1.29 is 17.9 Å². The highest BCUT2D eigenvalue weighted by Gasteiger charge is 2.22. The second-order valence-corrected chi connectivity index (χ2v) is 8.62. The summed E-state index contributed by atoms with van der Waals surface area (Å²) in [6, 6.07) is 4.62. The fourth-order valence-corrected chi connectivity index (χ4v) is 3.70. The molecule has 1 N–H and O–H groups in total.